The molecule has 0 spiro atoms. The smallest absolute Gasteiger partial charge is 0.306 e. The Bertz CT molecular complexity index is 722. The van der Waals surface area contributed by atoms with Crippen molar-refractivity contribution < 1.29 is 39.4 Å². The number of aliphatic hydroxyl groups is 4. The van der Waals surface area contributed by atoms with E-state index in [1.54, 1.807) is 0 Å². The van der Waals surface area contributed by atoms with Crippen LogP contribution < -0.4 is 0 Å². The molecule has 1 aliphatic carbocycles. The van der Waals surface area contributed by atoms with Crippen LogP contribution in [0.25, 0.3) is 0 Å². The van der Waals surface area contributed by atoms with Crippen LogP contribution in [0.15, 0.2) is 0 Å². The minimum absolute atomic E-state index is 0.0989. The van der Waals surface area contributed by atoms with E-state index < -0.39 is 36.6 Å². The fraction of sp³-hybridized carbons (Fsp3) is 0.975. The Balaban J connectivity index is 2.25. The molecule has 7 atom stereocenters. The van der Waals surface area contributed by atoms with Crippen molar-refractivity contribution in [3.63, 3.8) is 0 Å². The van der Waals surface area contributed by atoms with Crippen molar-refractivity contribution in [1.29, 1.82) is 0 Å². The van der Waals surface area contributed by atoms with E-state index in [0.717, 1.165) is 43.9 Å². The van der Waals surface area contributed by atoms with E-state index in [0.29, 0.717) is 13.0 Å². The van der Waals surface area contributed by atoms with Gasteiger partial charge in [0.15, 0.2) is 0 Å². The van der Waals surface area contributed by atoms with Crippen LogP contribution in [0, 0.1) is 11.8 Å². The molecule has 1 aliphatic rings. The van der Waals surface area contributed by atoms with Crippen LogP contribution in [0.1, 0.15) is 182 Å². The lowest BCUT2D eigenvalue weighted by atomic mass is 9.96. The average molecular weight is 687 g/mol. The van der Waals surface area contributed by atoms with Crippen molar-refractivity contribution in [2.75, 3.05) is 19.8 Å². The molecule has 0 heterocycles. The van der Waals surface area contributed by atoms with E-state index in [1.807, 2.05) is 0 Å². The predicted molar refractivity (Wildman–Crippen MR) is 195 cm³/mol. The highest BCUT2D eigenvalue weighted by atomic mass is 16.6. The topological polar surface area (TPSA) is 126 Å². The molecule has 0 saturated heterocycles. The van der Waals surface area contributed by atoms with Crippen molar-refractivity contribution in [3.8, 4) is 0 Å². The molecule has 0 bridgehead atoms. The Morgan fingerprint density at radius 1 is 0.562 bits per heavy atom. The Morgan fingerprint density at radius 2 is 1.02 bits per heavy atom. The zero-order valence-corrected chi connectivity index (χ0v) is 31.6. The van der Waals surface area contributed by atoms with E-state index >= 15 is 0 Å². The summed E-state index contributed by atoms with van der Waals surface area (Å²) in [5.74, 6) is 1.38. The number of carbonyl (C=O) groups excluding carboxylic acids is 1. The normalized spacial score (nSPS) is 21.8. The molecular formula is C40H78O8. The van der Waals surface area contributed by atoms with Crippen molar-refractivity contribution in [2.24, 2.45) is 11.8 Å². The number of esters is 1. The van der Waals surface area contributed by atoms with E-state index in [2.05, 4.69) is 27.7 Å². The standard InChI is InChI=1S/C40H78O8/c1-5-7-8-20-26-33(4)27-22-17-13-11-15-19-24-29-46-30-34(31-47-40-38(44)36(42)37(43)39(40)45)48-35(41)28-23-18-14-10-9-12-16-21-25-32(3)6-2/h32-34,36-40,42-45H,5-31H2,1-4H3/t32-,33+,34+,36-,37-,38+,39+/m1/s1. The first-order chi connectivity index (χ1) is 23.2. The molecule has 4 N–H and O–H groups in total. The van der Waals surface area contributed by atoms with Gasteiger partial charge in [-0.05, 0) is 24.7 Å². The lowest BCUT2D eigenvalue weighted by Crippen LogP contribution is -2.39. The third-order valence-electron chi connectivity index (χ3n) is 10.4. The molecule has 8 nitrogen and oxygen atoms in total. The van der Waals surface area contributed by atoms with Crippen LogP contribution in [0.5, 0.6) is 0 Å². The predicted octanol–water partition coefficient (Wildman–Crippen LogP) is 8.43. The molecule has 48 heavy (non-hydrogen) atoms. The fourth-order valence-corrected chi connectivity index (χ4v) is 6.66. The van der Waals surface area contributed by atoms with Gasteiger partial charge in [-0.1, -0.05) is 163 Å². The third-order valence-corrected chi connectivity index (χ3v) is 10.4. The lowest BCUT2D eigenvalue weighted by molar-refractivity contribution is -0.163. The van der Waals surface area contributed by atoms with Gasteiger partial charge in [-0.3, -0.25) is 4.79 Å². The molecule has 0 aliphatic heterocycles. The molecule has 0 aromatic carbocycles. The second-order valence-electron chi connectivity index (χ2n) is 15.0. The van der Waals surface area contributed by atoms with Gasteiger partial charge < -0.3 is 34.6 Å². The molecule has 1 rings (SSSR count). The molecule has 0 radical (unpaired) electrons. The highest BCUT2D eigenvalue weighted by molar-refractivity contribution is 5.69. The highest BCUT2D eigenvalue weighted by Gasteiger charge is 2.49. The van der Waals surface area contributed by atoms with E-state index in [-0.39, 0.29) is 19.2 Å². The minimum Gasteiger partial charge on any atom is -0.457 e. The second kappa shape index (κ2) is 29.9. The summed E-state index contributed by atoms with van der Waals surface area (Å²) >= 11 is 0. The first kappa shape index (κ1) is 45.3. The van der Waals surface area contributed by atoms with Gasteiger partial charge in [0.1, 0.15) is 36.6 Å². The number of rotatable bonds is 33. The van der Waals surface area contributed by atoms with Gasteiger partial charge in [0.25, 0.3) is 0 Å². The third kappa shape index (κ3) is 22.1. The molecule has 1 saturated carbocycles. The van der Waals surface area contributed by atoms with Crippen LogP contribution in [0.3, 0.4) is 0 Å². The van der Waals surface area contributed by atoms with E-state index in [4.69, 9.17) is 14.2 Å². The highest BCUT2D eigenvalue weighted by Crippen LogP contribution is 2.25. The number of hydrogen-bond acceptors (Lipinski definition) is 8. The Morgan fingerprint density at radius 3 is 1.54 bits per heavy atom. The van der Waals surface area contributed by atoms with Crippen molar-refractivity contribution in [1.82, 2.24) is 0 Å². The number of ether oxygens (including phenoxy) is 3. The van der Waals surface area contributed by atoms with Gasteiger partial charge in [-0.25, -0.2) is 0 Å². The van der Waals surface area contributed by atoms with Crippen LogP contribution in [-0.2, 0) is 19.0 Å². The van der Waals surface area contributed by atoms with Crippen molar-refractivity contribution in [3.05, 3.63) is 0 Å². The van der Waals surface area contributed by atoms with Crippen molar-refractivity contribution >= 4 is 5.97 Å². The maximum absolute atomic E-state index is 12.6. The summed E-state index contributed by atoms with van der Waals surface area (Å²) in [6, 6.07) is 0. The number of unbranched alkanes of at least 4 members (excludes halogenated alkanes) is 16. The SMILES string of the molecule is CCCCCC[C@H](C)CCCCCCCCCOC[C@@H](COC1[C@@H](O)[C@H](O)[C@@H](O)[C@@H]1O)OC(=O)CCCCCCCCCC[C@H](C)CC. The van der Waals surface area contributed by atoms with Crippen LogP contribution in [-0.4, -0.2) is 82.8 Å². The summed E-state index contributed by atoms with van der Waals surface area (Å²) in [5, 5.41) is 40.1. The van der Waals surface area contributed by atoms with Crippen LogP contribution in [0.2, 0.25) is 0 Å². The van der Waals surface area contributed by atoms with Gasteiger partial charge in [0.05, 0.1) is 13.2 Å². The summed E-state index contributed by atoms with van der Waals surface area (Å²) in [5.41, 5.74) is 0. The van der Waals surface area contributed by atoms with Gasteiger partial charge in [0, 0.05) is 13.0 Å². The molecular weight excluding hydrogens is 608 g/mol. The Kier molecular flexibility index (Phi) is 28.2. The van der Waals surface area contributed by atoms with Gasteiger partial charge >= 0.3 is 5.97 Å². The van der Waals surface area contributed by atoms with E-state index in [9.17, 15) is 25.2 Å². The fourth-order valence-electron chi connectivity index (χ4n) is 6.66. The van der Waals surface area contributed by atoms with Crippen LogP contribution in [0.4, 0.5) is 0 Å². The molecule has 0 amide bonds. The molecule has 0 aromatic rings. The second-order valence-corrected chi connectivity index (χ2v) is 15.0. The summed E-state index contributed by atoms with van der Waals surface area (Å²) in [7, 11) is 0. The Hall–Kier alpha value is -0.770. The molecule has 286 valence electrons. The number of carbonyl (C=O) groups is 1. The summed E-state index contributed by atoms with van der Waals surface area (Å²) in [4.78, 5) is 12.6. The van der Waals surface area contributed by atoms with Crippen molar-refractivity contribution in [2.45, 2.75) is 218 Å². The summed E-state index contributed by atoms with van der Waals surface area (Å²) in [6.45, 7) is 9.88. The first-order valence-corrected chi connectivity index (χ1v) is 20.3. The molecule has 1 fully saturated rings. The maximum atomic E-state index is 12.6. The zero-order chi connectivity index (χ0) is 35.4. The quantitative estimate of drug-likeness (QED) is 0.0401. The number of hydrogen-bond donors (Lipinski definition) is 4. The molecule has 0 unspecified atom stereocenters. The largest absolute Gasteiger partial charge is 0.457 e. The average Bonchev–Trinajstić information content (AvgIpc) is 3.26. The molecule has 8 heteroatoms. The van der Waals surface area contributed by atoms with Crippen LogP contribution >= 0.6 is 0 Å². The maximum Gasteiger partial charge on any atom is 0.306 e. The van der Waals surface area contributed by atoms with Gasteiger partial charge in [-0.15, -0.1) is 0 Å². The van der Waals surface area contributed by atoms with E-state index in [1.165, 1.54) is 116 Å². The van der Waals surface area contributed by atoms with Gasteiger partial charge in [-0.2, -0.15) is 0 Å². The zero-order valence-electron chi connectivity index (χ0n) is 31.6. The molecule has 0 aromatic heterocycles. The lowest BCUT2D eigenvalue weighted by Gasteiger charge is -2.24. The van der Waals surface area contributed by atoms with Gasteiger partial charge in [0.2, 0.25) is 0 Å². The summed E-state index contributed by atoms with van der Waals surface area (Å²) < 4.78 is 17.2. The minimum atomic E-state index is -1.49. The number of aliphatic hydroxyl groups excluding tert-OH is 4. The monoisotopic (exact) mass is 687 g/mol. The Labute approximate surface area is 295 Å². The first-order valence-electron chi connectivity index (χ1n) is 20.3. The summed E-state index contributed by atoms with van der Waals surface area (Å²) in [6.07, 6.45) is 21.1.